The van der Waals surface area contributed by atoms with Gasteiger partial charge in [0.25, 0.3) is 0 Å². The van der Waals surface area contributed by atoms with Gasteiger partial charge in [-0.15, -0.1) is 11.3 Å². The number of thiophene rings is 1. The molecule has 0 aliphatic heterocycles. The molecule has 1 fully saturated rings. The lowest BCUT2D eigenvalue weighted by Crippen LogP contribution is -2.19. The van der Waals surface area contributed by atoms with Crippen LogP contribution >= 0.6 is 23.1 Å². The summed E-state index contributed by atoms with van der Waals surface area (Å²) in [6.07, 6.45) is 5.92. The molecule has 0 bridgehead atoms. The summed E-state index contributed by atoms with van der Waals surface area (Å²) in [6, 6.07) is 0. The number of rotatable bonds is 4. The Labute approximate surface area is 144 Å². The van der Waals surface area contributed by atoms with Gasteiger partial charge in [-0.1, -0.05) is 18.7 Å². The zero-order valence-electron chi connectivity index (χ0n) is 13.5. The van der Waals surface area contributed by atoms with Gasteiger partial charge in [0.2, 0.25) is 5.91 Å². The lowest BCUT2D eigenvalue weighted by molar-refractivity contribution is -0.118. The number of fused-ring (bicyclic) bond motifs is 3. The molecule has 4 nitrogen and oxygen atoms in total. The van der Waals surface area contributed by atoms with E-state index >= 15 is 0 Å². The Morgan fingerprint density at radius 2 is 2.17 bits per heavy atom. The van der Waals surface area contributed by atoms with Gasteiger partial charge in [0.1, 0.15) is 15.7 Å². The van der Waals surface area contributed by atoms with Crippen molar-refractivity contribution in [2.24, 2.45) is 5.92 Å². The van der Waals surface area contributed by atoms with E-state index in [1.165, 1.54) is 35.1 Å². The van der Waals surface area contributed by atoms with Gasteiger partial charge in [0.15, 0.2) is 0 Å². The molecule has 2 aliphatic rings. The third-order valence-electron chi connectivity index (χ3n) is 4.70. The van der Waals surface area contributed by atoms with Gasteiger partial charge in [0, 0.05) is 23.2 Å². The maximum absolute atomic E-state index is 11.6. The van der Waals surface area contributed by atoms with Crippen LogP contribution in [0.2, 0.25) is 0 Å². The summed E-state index contributed by atoms with van der Waals surface area (Å²) in [5.74, 6) is 2.76. The third kappa shape index (κ3) is 2.98. The first-order chi connectivity index (χ1) is 11.2. The van der Waals surface area contributed by atoms with Crippen LogP contribution in [0.15, 0.2) is 5.03 Å². The summed E-state index contributed by atoms with van der Waals surface area (Å²) in [5.41, 5.74) is 1.45. The summed E-state index contributed by atoms with van der Waals surface area (Å²) < 4.78 is 0. The highest BCUT2D eigenvalue weighted by molar-refractivity contribution is 8.00. The Hall–Kier alpha value is -1.14. The molecule has 0 saturated heterocycles. The molecule has 1 atom stereocenters. The van der Waals surface area contributed by atoms with Crippen LogP contribution in [0.3, 0.4) is 0 Å². The SMILES string of the molecule is CNC(=O)CSc1nc(C2CC2)nc2sc3c(c12)CCC(C)C3. The molecule has 0 spiro atoms. The van der Waals surface area contributed by atoms with Crippen molar-refractivity contribution in [2.45, 2.75) is 50.0 Å². The topological polar surface area (TPSA) is 54.9 Å². The zero-order chi connectivity index (χ0) is 16.0. The van der Waals surface area contributed by atoms with E-state index in [2.05, 4.69) is 12.2 Å². The Kier molecular flexibility index (Phi) is 4.05. The van der Waals surface area contributed by atoms with E-state index in [9.17, 15) is 4.79 Å². The molecule has 4 rings (SSSR count). The summed E-state index contributed by atoms with van der Waals surface area (Å²) >= 11 is 3.42. The van der Waals surface area contributed by atoms with Crippen molar-refractivity contribution >= 4 is 39.2 Å². The molecule has 23 heavy (non-hydrogen) atoms. The maximum atomic E-state index is 11.6. The van der Waals surface area contributed by atoms with Crippen LogP contribution < -0.4 is 5.32 Å². The Balaban J connectivity index is 1.78. The van der Waals surface area contributed by atoms with Crippen molar-refractivity contribution in [3.63, 3.8) is 0 Å². The Morgan fingerprint density at radius 1 is 1.35 bits per heavy atom. The first kappa shape index (κ1) is 15.4. The molecule has 6 heteroatoms. The van der Waals surface area contributed by atoms with Crippen molar-refractivity contribution in [3.05, 3.63) is 16.3 Å². The molecule has 2 heterocycles. The van der Waals surface area contributed by atoms with E-state index in [1.54, 1.807) is 18.8 Å². The molecule has 2 aromatic rings. The maximum Gasteiger partial charge on any atom is 0.230 e. The van der Waals surface area contributed by atoms with E-state index < -0.39 is 0 Å². The average molecular weight is 348 g/mol. The highest BCUT2D eigenvalue weighted by Gasteiger charge is 2.30. The molecule has 1 unspecified atom stereocenters. The minimum Gasteiger partial charge on any atom is -0.358 e. The number of amides is 1. The van der Waals surface area contributed by atoms with Crippen molar-refractivity contribution in [1.29, 1.82) is 0 Å². The van der Waals surface area contributed by atoms with Crippen LogP contribution in [0.25, 0.3) is 10.2 Å². The number of nitrogens with one attached hydrogen (secondary N) is 1. The second kappa shape index (κ2) is 6.06. The van der Waals surface area contributed by atoms with Gasteiger partial charge >= 0.3 is 0 Å². The van der Waals surface area contributed by atoms with Gasteiger partial charge in [0.05, 0.1) is 5.75 Å². The third-order valence-corrected chi connectivity index (χ3v) is 6.82. The molecular formula is C17H21N3OS2. The van der Waals surface area contributed by atoms with Crippen molar-refractivity contribution < 1.29 is 4.79 Å². The fourth-order valence-electron chi connectivity index (χ4n) is 3.16. The summed E-state index contributed by atoms with van der Waals surface area (Å²) in [4.78, 5) is 24.0. The van der Waals surface area contributed by atoms with Crippen LogP contribution in [-0.2, 0) is 17.6 Å². The first-order valence-corrected chi connectivity index (χ1v) is 10.1. The summed E-state index contributed by atoms with van der Waals surface area (Å²) in [7, 11) is 1.68. The summed E-state index contributed by atoms with van der Waals surface area (Å²) in [6.45, 7) is 2.33. The van der Waals surface area contributed by atoms with Gasteiger partial charge in [-0.2, -0.15) is 0 Å². The normalized spacial score (nSPS) is 20.5. The smallest absolute Gasteiger partial charge is 0.230 e. The van der Waals surface area contributed by atoms with E-state index in [0.29, 0.717) is 11.7 Å². The number of carbonyl (C=O) groups excluding carboxylic acids is 1. The van der Waals surface area contributed by atoms with E-state index in [1.807, 2.05) is 11.3 Å². The second-order valence-electron chi connectivity index (χ2n) is 6.65. The van der Waals surface area contributed by atoms with Crippen LogP contribution in [0.4, 0.5) is 0 Å². The molecule has 1 N–H and O–H groups in total. The Morgan fingerprint density at radius 3 is 2.91 bits per heavy atom. The number of hydrogen-bond acceptors (Lipinski definition) is 5. The van der Waals surface area contributed by atoms with Gasteiger partial charge in [-0.3, -0.25) is 4.79 Å². The van der Waals surface area contributed by atoms with E-state index in [0.717, 1.165) is 34.4 Å². The van der Waals surface area contributed by atoms with Gasteiger partial charge < -0.3 is 5.32 Å². The highest BCUT2D eigenvalue weighted by Crippen LogP contribution is 2.44. The molecule has 2 aromatic heterocycles. The summed E-state index contributed by atoms with van der Waals surface area (Å²) in [5, 5.41) is 4.95. The lowest BCUT2D eigenvalue weighted by atomic mass is 9.89. The number of nitrogens with zero attached hydrogens (tertiary/aromatic N) is 2. The van der Waals surface area contributed by atoms with Crippen molar-refractivity contribution in [3.8, 4) is 0 Å². The first-order valence-electron chi connectivity index (χ1n) is 8.31. The van der Waals surface area contributed by atoms with Crippen LogP contribution in [0, 0.1) is 5.92 Å². The Bertz CT molecular complexity index is 767. The monoisotopic (exact) mass is 347 g/mol. The van der Waals surface area contributed by atoms with E-state index in [4.69, 9.17) is 9.97 Å². The lowest BCUT2D eigenvalue weighted by Gasteiger charge is -2.18. The number of aryl methyl sites for hydroxylation is 1. The largest absolute Gasteiger partial charge is 0.358 e. The fourth-order valence-corrected chi connectivity index (χ4v) is 5.55. The number of aromatic nitrogens is 2. The second-order valence-corrected chi connectivity index (χ2v) is 8.70. The minimum absolute atomic E-state index is 0.0486. The molecule has 2 aliphatic carbocycles. The van der Waals surface area contributed by atoms with Crippen LogP contribution in [-0.4, -0.2) is 28.7 Å². The highest BCUT2D eigenvalue weighted by atomic mass is 32.2. The molecule has 122 valence electrons. The van der Waals surface area contributed by atoms with Gasteiger partial charge in [-0.25, -0.2) is 9.97 Å². The zero-order valence-corrected chi connectivity index (χ0v) is 15.1. The quantitative estimate of drug-likeness (QED) is 0.679. The molecular weight excluding hydrogens is 326 g/mol. The van der Waals surface area contributed by atoms with Gasteiger partial charge in [-0.05, 0) is 43.6 Å². The van der Waals surface area contributed by atoms with Crippen LogP contribution in [0.1, 0.15) is 48.4 Å². The fraction of sp³-hybridized carbons (Fsp3) is 0.588. The van der Waals surface area contributed by atoms with Crippen molar-refractivity contribution in [2.75, 3.05) is 12.8 Å². The average Bonchev–Trinajstić information content (AvgIpc) is 3.33. The van der Waals surface area contributed by atoms with Crippen LogP contribution in [0.5, 0.6) is 0 Å². The van der Waals surface area contributed by atoms with Crippen molar-refractivity contribution in [1.82, 2.24) is 15.3 Å². The predicted molar refractivity (Wildman–Crippen MR) is 95.4 cm³/mol. The molecule has 1 saturated carbocycles. The standard InChI is InChI=1S/C17H21N3OS2/c1-9-3-6-11-12(7-9)23-17-14(11)16(22-8-13(21)18-2)19-15(20-17)10-4-5-10/h9-10H,3-8H2,1-2H3,(H,18,21). The number of carbonyl (C=O) groups is 1. The van der Waals surface area contributed by atoms with E-state index in [-0.39, 0.29) is 5.91 Å². The number of thioether (sulfide) groups is 1. The predicted octanol–water partition coefficient (Wildman–Crippen LogP) is 3.53. The minimum atomic E-state index is 0.0486. The molecule has 0 aromatic carbocycles. The molecule has 1 amide bonds. The molecule has 0 radical (unpaired) electrons. The number of hydrogen-bond donors (Lipinski definition) is 1.